The van der Waals surface area contributed by atoms with Gasteiger partial charge in [-0.15, -0.1) is 0 Å². The number of carbonyl (C=O) groups is 1. The summed E-state index contributed by atoms with van der Waals surface area (Å²) in [6.45, 7) is 0. The smallest absolute Gasteiger partial charge is 0.234 e. The first-order chi connectivity index (χ1) is 14.5. The number of nitriles is 1. The van der Waals surface area contributed by atoms with Crippen LogP contribution in [0.5, 0.6) is 11.5 Å². The Kier molecular flexibility index (Phi) is 7.17. The minimum absolute atomic E-state index is 0.0728. The van der Waals surface area contributed by atoms with Crippen LogP contribution in [-0.2, 0) is 4.79 Å². The van der Waals surface area contributed by atoms with Crippen LogP contribution in [0.2, 0.25) is 5.02 Å². The van der Waals surface area contributed by atoms with Gasteiger partial charge in [-0.1, -0.05) is 23.4 Å². The predicted molar refractivity (Wildman–Crippen MR) is 118 cm³/mol. The van der Waals surface area contributed by atoms with Gasteiger partial charge in [0.05, 0.1) is 36.9 Å². The van der Waals surface area contributed by atoms with E-state index in [0.717, 1.165) is 11.3 Å². The van der Waals surface area contributed by atoms with Crippen molar-refractivity contribution in [2.45, 2.75) is 5.03 Å². The van der Waals surface area contributed by atoms with Crippen LogP contribution in [0.1, 0.15) is 5.56 Å². The lowest BCUT2D eigenvalue weighted by atomic mass is 10.1. The quantitative estimate of drug-likeness (QED) is 0.520. The van der Waals surface area contributed by atoms with Crippen molar-refractivity contribution < 1.29 is 14.3 Å². The molecule has 0 radical (unpaired) electrons. The zero-order valence-corrected chi connectivity index (χ0v) is 17.9. The average Bonchev–Trinajstić information content (AvgIpc) is 2.77. The number of amides is 1. The first-order valence-electron chi connectivity index (χ1n) is 8.86. The molecule has 1 N–H and O–H groups in total. The molecule has 0 fully saturated rings. The normalized spacial score (nSPS) is 10.2. The SMILES string of the molecule is COc1ccc(-c2ccc(C#N)c(SCC(=O)Nc3cc(Cl)ccc3OC)n2)cc1. The Hall–Kier alpha value is -3.21. The second-order valence-electron chi connectivity index (χ2n) is 6.07. The summed E-state index contributed by atoms with van der Waals surface area (Å²) in [7, 11) is 3.12. The molecule has 1 amide bonds. The van der Waals surface area contributed by atoms with E-state index in [2.05, 4.69) is 16.4 Å². The summed E-state index contributed by atoms with van der Waals surface area (Å²) in [6.07, 6.45) is 0. The van der Waals surface area contributed by atoms with Gasteiger partial charge in [-0.2, -0.15) is 5.26 Å². The van der Waals surface area contributed by atoms with Crippen LogP contribution in [0.25, 0.3) is 11.3 Å². The van der Waals surface area contributed by atoms with E-state index in [4.69, 9.17) is 21.1 Å². The molecule has 0 aliphatic heterocycles. The van der Waals surface area contributed by atoms with Gasteiger partial charge in [0, 0.05) is 10.6 Å². The van der Waals surface area contributed by atoms with Crippen molar-refractivity contribution in [2.75, 3.05) is 25.3 Å². The fourth-order valence-electron chi connectivity index (χ4n) is 2.66. The molecule has 0 bridgehead atoms. The number of rotatable bonds is 7. The van der Waals surface area contributed by atoms with E-state index >= 15 is 0 Å². The third-order valence-electron chi connectivity index (χ3n) is 4.14. The molecule has 1 aromatic heterocycles. The molecule has 30 heavy (non-hydrogen) atoms. The van der Waals surface area contributed by atoms with E-state index in [1.54, 1.807) is 37.4 Å². The number of methoxy groups -OCH3 is 2. The van der Waals surface area contributed by atoms with Gasteiger partial charge in [-0.05, 0) is 54.6 Å². The van der Waals surface area contributed by atoms with Crippen molar-refractivity contribution in [3.05, 3.63) is 65.2 Å². The molecule has 8 heteroatoms. The second-order valence-corrected chi connectivity index (χ2v) is 7.47. The first-order valence-corrected chi connectivity index (χ1v) is 10.2. The van der Waals surface area contributed by atoms with Crippen molar-refractivity contribution >= 4 is 35.0 Å². The molecular weight excluding hydrogens is 422 g/mol. The highest BCUT2D eigenvalue weighted by Crippen LogP contribution is 2.29. The summed E-state index contributed by atoms with van der Waals surface area (Å²) in [6, 6.07) is 18.0. The molecule has 0 saturated carbocycles. The number of halogens is 1. The number of nitrogens with zero attached hydrogens (tertiary/aromatic N) is 2. The highest BCUT2D eigenvalue weighted by Gasteiger charge is 2.13. The highest BCUT2D eigenvalue weighted by atomic mass is 35.5. The van der Waals surface area contributed by atoms with Crippen molar-refractivity contribution in [1.82, 2.24) is 4.98 Å². The third-order valence-corrected chi connectivity index (χ3v) is 5.37. The zero-order chi connectivity index (χ0) is 21.5. The number of pyridine rings is 1. The van der Waals surface area contributed by atoms with Gasteiger partial charge in [0.25, 0.3) is 0 Å². The Morgan fingerprint density at radius 3 is 2.57 bits per heavy atom. The maximum absolute atomic E-state index is 12.4. The molecular formula is C22H18ClN3O3S. The van der Waals surface area contributed by atoms with Gasteiger partial charge < -0.3 is 14.8 Å². The maximum Gasteiger partial charge on any atom is 0.234 e. The standard InChI is InChI=1S/C22H18ClN3O3S/c1-28-17-7-3-14(4-8-17)18-9-5-15(12-24)22(26-18)30-13-21(27)25-19-11-16(23)6-10-20(19)29-2/h3-11H,13H2,1-2H3,(H,25,27). The van der Waals surface area contributed by atoms with Crippen LogP contribution >= 0.6 is 23.4 Å². The number of anilines is 1. The average molecular weight is 440 g/mol. The summed E-state index contributed by atoms with van der Waals surface area (Å²) in [5, 5.41) is 13.1. The Labute approximate surface area is 183 Å². The molecule has 152 valence electrons. The van der Waals surface area contributed by atoms with Crippen LogP contribution in [0.15, 0.2) is 59.6 Å². The van der Waals surface area contributed by atoms with E-state index in [9.17, 15) is 10.1 Å². The number of aromatic nitrogens is 1. The first kappa shape index (κ1) is 21.5. The van der Waals surface area contributed by atoms with Crippen molar-refractivity contribution in [3.63, 3.8) is 0 Å². The summed E-state index contributed by atoms with van der Waals surface area (Å²) >= 11 is 7.19. The fourth-order valence-corrected chi connectivity index (χ4v) is 3.60. The number of thioether (sulfide) groups is 1. The lowest BCUT2D eigenvalue weighted by Gasteiger charge is -2.11. The van der Waals surface area contributed by atoms with Gasteiger partial charge >= 0.3 is 0 Å². The van der Waals surface area contributed by atoms with Crippen molar-refractivity contribution in [3.8, 4) is 28.8 Å². The lowest BCUT2D eigenvalue weighted by Crippen LogP contribution is -2.15. The van der Waals surface area contributed by atoms with Crippen LogP contribution in [0.3, 0.4) is 0 Å². The summed E-state index contributed by atoms with van der Waals surface area (Å²) in [4.78, 5) is 17.0. The molecule has 0 aliphatic carbocycles. The van der Waals surface area contributed by atoms with E-state index in [0.29, 0.717) is 32.7 Å². The van der Waals surface area contributed by atoms with Crippen LogP contribution < -0.4 is 14.8 Å². The van der Waals surface area contributed by atoms with Crippen molar-refractivity contribution in [2.24, 2.45) is 0 Å². The predicted octanol–water partition coefficient (Wildman–Crippen LogP) is 5.02. The van der Waals surface area contributed by atoms with Gasteiger partial charge in [-0.3, -0.25) is 4.79 Å². The summed E-state index contributed by atoms with van der Waals surface area (Å²) < 4.78 is 10.4. The topological polar surface area (TPSA) is 84.2 Å². The summed E-state index contributed by atoms with van der Waals surface area (Å²) in [5.74, 6) is 1.06. The maximum atomic E-state index is 12.4. The Balaban J connectivity index is 1.74. The monoisotopic (exact) mass is 439 g/mol. The molecule has 2 aromatic carbocycles. The Bertz CT molecular complexity index is 1100. The Morgan fingerprint density at radius 1 is 1.13 bits per heavy atom. The molecule has 0 unspecified atom stereocenters. The number of ether oxygens (including phenoxy) is 2. The molecule has 0 saturated heterocycles. The van der Waals surface area contributed by atoms with E-state index in [1.165, 1.54) is 18.9 Å². The third kappa shape index (κ3) is 5.23. The minimum Gasteiger partial charge on any atom is -0.497 e. The van der Waals surface area contributed by atoms with Gasteiger partial charge in [0.1, 0.15) is 22.6 Å². The molecule has 3 rings (SSSR count). The highest BCUT2D eigenvalue weighted by molar-refractivity contribution is 8.00. The molecule has 3 aromatic rings. The number of nitrogens with one attached hydrogen (secondary N) is 1. The van der Waals surface area contributed by atoms with Crippen LogP contribution in [0.4, 0.5) is 5.69 Å². The van der Waals surface area contributed by atoms with Crippen LogP contribution in [0, 0.1) is 11.3 Å². The summed E-state index contributed by atoms with van der Waals surface area (Å²) in [5.41, 5.74) is 2.48. The van der Waals surface area contributed by atoms with Crippen LogP contribution in [-0.4, -0.2) is 30.9 Å². The number of benzene rings is 2. The second kappa shape index (κ2) is 10.0. The number of hydrogen-bond donors (Lipinski definition) is 1. The van der Waals surface area contributed by atoms with E-state index < -0.39 is 0 Å². The lowest BCUT2D eigenvalue weighted by molar-refractivity contribution is -0.113. The van der Waals surface area contributed by atoms with E-state index in [1.807, 2.05) is 24.3 Å². The number of hydrogen-bond acceptors (Lipinski definition) is 6. The van der Waals surface area contributed by atoms with Crippen molar-refractivity contribution in [1.29, 1.82) is 5.26 Å². The zero-order valence-electron chi connectivity index (χ0n) is 16.3. The fraction of sp³-hybridized carbons (Fsp3) is 0.136. The van der Waals surface area contributed by atoms with Gasteiger partial charge in [0.15, 0.2) is 0 Å². The molecule has 6 nitrogen and oxygen atoms in total. The molecule has 0 spiro atoms. The van der Waals surface area contributed by atoms with E-state index in [-0.39, 0.29) is 11.7 Å². The molecule has 1 heterocycles. The minimum atomic E-state index is -0.263. The molecule has 0 aliphatic rings. The largest absolute Gasteiger partial charge is 0.497 e. The number of carbonyl (C=O) groups excluding carboxylic acids is 1. The van der Waals surface area contributed by atoms with Gasteiger partial charge in [-0.25, -0.2) is 4.98 Å². The van der Waals surface area contributed by atoms with Gasteiger partial charge in [0.2, 0.25) is 5.91 Å². The molecule has 0 atom stereocenters. The Morgan fingerprint density at radius 2 is 1.90 bits per heavy atom.